The van der Waals surface area contributed by atoms with Crippen LogP contribution in [0.15, 0.2) is 89.9 Å². The lowest BCUT2D eigenvalue weighted by Crippen LogP contribution is -1.96. The summed E-state index contributed by atoms with van der Waals surface area (Å²) in [6, 6.07) is 28.6. The van der Waals surface area contributed by atoms with Gasteiger partial charge in [-0.2, -0.15) is 0 Å². The molecule has 1 aliphatic heterocycles. The van der Waals surface area contributed by atoms with Crippen LogP contribution < -0.4 is 0 Å². The van der Waals surface area contributed by atoms with Crippen molar-refractivity contribution in [2.45, 2.75) is 12.8 Å². The molecule has 0 spiro atoms. The molecule has 1 nitrogen and oxygen atoms in total. The van der Waals surface area contributed by atoms with Gasteiger partial charge in [-0.1, -0.05) is 79.7 Å². The fourth-order valence-corrected chi connectivity index (χ4v) is 4.84. The quantitative estimate of drug-likeness (QED) is 0.364. The van der Waals surface area contributed by atoms with Gasteiger partial charge in [0.05, 0.1) is 5.70 Å². The Labute approximate surface area is 164 Å². The molecule has 132 valence electrons. The predicted molar refractivity (Wildman–Crippen MR) is 119 cm³/mol. The van der Waals surface area contributed by atoms with Gasteiger partial charge < -0.3 is 0 Å². The largest absolute Gasteiger partial charge is 0.256 e. The summed E-state index contributed by atoms with van der Waals surface area (Å²) >= 11 is 0. The Kier molecular flexibility index (Phi) is 3.21. The molecule has 6 rings (SSSR count). The third kappa shape index (κ3) is 2.05. The van der Waals surface area contributed by atoms with Gasteiger partial charge in [-0.3, -0.25) is 4.99 Å². The normalized spacial score (nSPS) is 16.5. The zero-order valence-electron chi connectivity index (χ0n) is 15.7. The van der Waals surface area contributed by atoms with Crippen LogP contribution in [0, 0.1) is 0 Å². The lowest BCUT2D eigenvalue weighted by atomic mass is 9.89. The van der Waals surface area contributed by atoms with Gasteiger partial charge in [0.15, 0.2) is 0 Å². The topological polar surface area (TPSA) is 12.4 Å². The zero-order valence-corrected chi connectivity index (χ0v) is 15.7. The van der Waals surface area contributed by atoms with Crippen LogP contribution in [0.4, 0.5) is 0 Å². The summed E-state index contributed by atoms with van der Waals surface area (Å²) in [7, 11) is 0. The van der Waals surface area contributed by atoms with Gasteiger partial charge in [0.2, 0.25) is 0 Å². The molecule has 4 aromatic rings. The lowest BCUT2D eigenvalue weighted by molar-refractivity contribution is 0.967. The average Bonchev–Trinajstić information content (AvgIpc) is 3.00. The molecule has 0 bridgehead atoms. The second kappa shape index (κ2) is 5.77. The van der Waals surface area contributed by atoms with Crippen molar-refractivity contribution in [1.29, 1.82) is 0 Å². The smallest absolute Gasteiger partial charge is 0.0723 e. The van der Waals surface area contributed by atoms with Crippen molar-refractivity contribution < 1.29 is 0 Å². The van der Waals surface area contributed by atoms with Crippen LogP contribution in [0.1, 0.15) is 29.5 Å². The molecule has 4 aromatic carbocycles. The third-order valence-corrected chi connectivity index (χ3v) is 6.16. The second-order valence-electron chi connectivity index (χ2n) is 7.62. The number of nitrogens with zero attached hydrogens (tertiary/aromatic N) is 1. The predicted octanol–water partition coefficient (Wildman–Crippen LogP) is 7.06. The first-order valence-electron chi connectivity index (χ1n) is 9.82. The minimum absolute atomic E-state index is 0.381. The number of benzene rings is 4. The summed E-state index contributed by atoms with van der Waals surface area (Å²) in [5.74, 6) is 0.381. The molecular weight excluding hydrogens is 338 g/mol. The maximum Gasteiger partial charge on any atom is 0.0723 e. The van der Waals surface area contributed by atoms with E-state index in [0.29, 0.717) is 5.92 Å². The van der Waals surface area contributed by atoms with Gasteiger partial charge in [0.1, 0.15) is 0 Å². The number of allylic oxidation sites excluding steroid dienone is 1. The first-order chi connectivity index (χ1) is 13.8. The Hall–Kier alpha value is -3.45. The maximum absolute atomic E-state index is 4.51. The van der Waals surface area contributed by atoms with E-state index < -0.39 is 0 Å². The van der Waals surface area contributed by atoms with Crippen molar-refractivity contribution in [3.63, 3.8) is 0 Å². The van der Waals surface area contributed by atoms with Gasteiger partial charge in [0, 0.05) is 17.7 Å². The van der Waals surface area contributed by atoms with Crippen LogP contribution in [0.25, 0.3) is 38.7 Å². The van der Waals surface area contributed by atoms with E-state index in [4.69, 9.17) is 0 Å². The number of rotatable bonds is 2. The Morgan fingerprint density at radius 2 is 1.46 bits per heavy atom. The van der Waals surface area contributed by atoms with Crippen molar-refractivity contribution in [1.82, 2.24) is 0 Å². The van der Waals surface area contributed by atoms with Crippen molar-refractivity contribution in [3.8, 4) is 22.3 Å². The van der Waals surface area contributed by atoms with Gasteiger partial charge in [0.25, 0.3) is 0 Å². The van der Waals surface area contributed by atoms with Crippen LogP contribution in [0.5, 0.6) is 0 Å². The maximum atomic E-state index is 4.51. The van der Waals surface area contributed by atoms with Crippen molar-refractivity contribution in [3.05, 3.63) is 102 Å². The van der Waals surface area contributed by atoms with Gasteiger partial charge >= 0.3 is 0 Å². The fraction of sp³-hybridized carbons (Fsp3) is 0.0741. The molecule has 0 saturated carbocycles. The average molecular weight is 357 g/mol. The number of hydrogen-bond acceptors (Lipinski definition) is 1. The highest BCUT2D eigenvalue weighted by Gasteiger charge is 2.31. The van der Waals surface area contributed by atoms with Crippen molar-refractivity contribution >= 4 is 22.7 Å². The highest BCUT2D eigenvalue weighted by atomic mass is 14.8. The molecule has 0 saturated heterocycles. The van der Waals surface area contributed by atoms with Crippen LogP contribution in [-0.4, -0.2) is 6.21 Å². The van der Waals surface area contributed by atoms with Gasteiger partial charge in [-0.15, -0.1) is 0 Å². The zero-order chi connectivity index (χ0) is 18.7. The molecule has 28 heavy (non-hydrogen) atoms. The summed E-state index contributed by atoms with van der Waals surface area (Å²) in [5.41, 5.74) is 10.5. The van der Waals surface area contributed by atoms with Crippen LogP contribution >= 0.6 is 0 Å². The Bertz CT molecular complexity index is 1310. The van der Waals surface area contributed by atoms with E-state index in [1.54, 1.807) is 0 Å². The van der Waals surface area contributed by atoms with E-state index in [9.17, 15) is 0 Å². The van der Waals surface area contributed by atoms with Gasteiger partial charge in [-0.25, -0.2) is 0 Å². The molecule has 0 aromatic heterocycles. The van der Waals surface area contributed by atoms with E-state index in [-0.39, 0.29) is 0 Å². The van der Waals surface area contributed by atoms with Crippen LogP contribution in [0.3, 0.4) is 0 Å². The summed E-state index contributed by atoms with van der Waals surface area (Å²) in [6.45, 7) is 2.34. The summed E-state index contributed by atoms with van der Waals surface area (Å²) in [6.07, 6.45) is 3.99. The summed E-state index contributed by atoms with van der Waals surface area (Å²) in [4.78, 5) is 4.51. The lowest BCUT2D eigenvalue weighted by Gasteiger charge is -2.16. The Morgan fingerprint density at radius 3 is 2.21 bits per heavy atom. The first-order valence-corrected chi connectivity index (χ1v) is 9.82. The molecule has 1 heterocycles. The summed E-state index contributed by atoms with van der Waals surface area (Å²) in [5, 5.41) is 2.64. The molecule has 2 aliphatic rings. The standard InChI is InChI=1S/C27H19N/c1-17-19-12-7-13-20(18-8-3-2-4-9-18)27(19)24-16-23(25-14-15-28-25)21-10-5-6-11-22(21)26(17)24/h2-17H,1H3. The number of aliphatic imine (C=N–C) groups is 1. The molecule has 1 atom stereocenters. The van der Waals surface area contributed by atoms with Crippen molar-refractivity contribution in [2.75, 3.05) is 0 Å². The van der Waals surface area contributed by atoms with E-state index in [2.05, 4.69) is 96.9 Å². The highest BCUT2D eigenvalue weighted by Crippen LogP contribution is 2.52. The SMILES string of the molecule is CC1c2cccc(-c3ccccc3)c2-c2cc(C3=CC=N3)c3ccccc3c21. The van der Waals surface area contributed by atoms with E-state index >= 15 is 0 Å². The molecule has 0 fully saturated rings. The van der Waals surface area contributed by atoms with Crippen molar-refractivity contribution in [2.24, 2.45) is 4.99 Å². The highest BCUT2D eigenvalue weighted by molar-refractivity contribution is 6.08. The minimum Gasteiger partial charge on any atom is -0.256 e. The number of fused-ring (bicyclic) bond motifs is 5. The van der Waals surface area contributed by atoms with E-state index in [1.165, 1.54) is 49.7 Å². The van der Waals surface area contributed by atoms with Crippen LogP contribution in [0.2, 0.25) is 0 Å². The molecule has 1 heteroatoms. The molecular formula is C27H19N. The van der Waals surface area contributed by atoms with Gasteiger partial charge in [-0.05, 0) is 56.3 Å². The molecule has 0 amide bonds. The molecule has 1 aliphatic carbocycles. The fourth-order valence-electron chi connectivity index (χ4n) is 4.84. The van der Waals surface area contributed by atoms with Crippen LogP contribution in [-0.2, 0) is 0 Å². The second-order valence-corrected chi connectivity index (χ2v) is 7.62. The van der Waals surface area contributed by atoms with E-state index in [0.717, 1.165) is 5.70 Å². The minimum atomic E-state index is 0.381. The molecule has 0 radical (unpaired) electrons. The first kappa shape index (κ1) is 15.6. The summed E-state index contributed by atoms with van der Waals surface area (Å²) < 4.78 is 0. The number of hydrogen-bond donors (Lipinski definition) is 0. The Balaban J connectivity index is 1.72. The van der Waals surface area contributed by atoms with E-state index in [1.807, 2.05) is 6.21 Å². The Morgan fingerprint density at radius 1 is 0.714 bits per heavy atom. The molecule has 0 N–H and O–H groups in total. The monoisotopic (exact) mass is 357 g/mol. The third-order valence-electron chi connectivity index (χ3n) is 6.16. The molecule has 1 unspecified atom stereocenters.